The molecule has 0 radical (unpaired) electrons. The molecular formula is C25H27N3O3. The second-order valence-corrected chi connectivity index (χ2v) is 9.26. The van der Waals surface area contributed by atoms with Gasteiger partial charge in [0, 0.05) is 23.8 Å². The lowest BCUT2D eigenvalue weighted by atomic mass is 9.76. The maximum atomic E-state index is 13.7. The minimum atomic E-state index is -1.19. The molecule has 6 nitrogen and oxygen atoms in total. The lowest BCUT2D eigenvalue weighted by Crippen LogP contribution is -2.53. The Morgan fingerprint density at radius 3 is 2.42 bits per heavy atom. The van der Waals surface area contributed by atoms with Crippen LogP contribution in [0.3, 0.4) is 0 Å². The van der Waals surface area contributed by atoms with E-state index in [2.05, 4.69) is 24.5 Å². The molecule has 6 heteroatoms. The highest BCUT2D eigenvalue weighted by molar-refractivity contribution is 6.15. The van der Waals surface area contributed by atoms with Crippen molar-refractivity contribution in [1.82, 2.24) is 10.2 Å². The second-order valence-electron chi connectivity index (χ2n) is 9.26. The molecule has 3 heterocycles. The van der Waals surface area contributed by atoms with E-state index in [0.717, 1.165) is 17.5 Å². The van der Waals surface area contributed by atoms with Gasteiger partial charge in [-0.15, -0.1) is 0 Å². The number of para-hydroxylation sites is 1. The molecule has 0 aliphatic carbocycles. The molecule has 0 saturated carbocycles. The summed E-state index contributed by atoms with van der Waals surface area (Å²) >= 11 is 0. The van der Waals surface area contributed by atoms with E-state index in [1.807, 2.05) is 54.6 Å². The molecule has 2 fully saturated rings. The molecule has 1 spiro atoms. The van der Waals surface area contributed by atoms with Gasteiger partial charge in [0.15, 0.2) is 0 Å². The van der Waals surface area contributed by atoms with Crippen LogP contribution in [0.1, 0.15) is 31.4 Å². The van der Waals surface area contributed by atoms with Gasteiger partial charge in [0.05, 0.1) is 11.8 Å². The maximum Gasteiger partial charge on any atom is 0.250 e. The van der Waals surface area contributed by atoms with Crippen LogP contribution in [0.25, 0.3) is 0 Å². The third-order valence-electron chi connectivity index (χ3n) is 6.91. The maximum absolute atomic E-state index is 13.7. The highest BCUT2D eigenvalue weighted by Crippen LogP contribution is 2.53. The Hall–Kier alpha value is -2.99. The van der Waals surface area contributed by atoms with E-state index >= 15 is 0 Å². The first-order valence-electron chi connectivity index (χ1n) is 11.0. The first-order chi connectivity index (χ1) is 14.9. The number of anilines is 1. The SMILES string of the molecule is CC(C)C[C@@H]1N[C@]2(C(=O)Nc3ccccc32)[C@@H]2C(=O)N(CCc3ccccc3)C(=O)[C@H]12. The van der Waals surface area contributed by atoms with Crippen LogP contribution in [-0.2, 0) is 26.3 Å². The van der Waals surface area contributed by atoms with E-state index in [9.17, 15) is 14.4 Å². The molecule has 160 valence electrons. The minimum absolute atomic E-state index is 0.155. The fourth-order valence-corrected chi connectivity index (χ4v) is 5.63. The van der Waals surface area contributed by atoms with Crippen molar-refractivity contribution in [1.29, 1.82) is 0 Å². The van der Waals surface area contributed by atoms with Crippen LogP contribution in [0.4, 0.5) is 5.69 Å². The van der Waals surface area contributed by atoms with Crippen LogP contribution in [-0.4, -0.2) is 35.2 Å². The highest BCUT2D eigenvalue weighted by atomic mass is 16.2. The molecule has 3 amide bonds. The van der Waals surface area contributed by atoms with Crippen molar-refractivity contribution in [3.63, 3.8) is 0 Å². The molecular weight excluding hydrogens is 390 g/mol. The molecule has 0 bridgehead atoms. The van der Waals surface area contributed by atoms with Gasteiger partial charge in [-0.3, -0.25) is 24.6 Å². The number of carbonyl (C=O) groups is 3. The molecule has 3 aliphatic rings. The second kappa shape index (κ2) is 7.31. The van der Waals surface area contributed by atoms with Gasteiger partial charge in [-0.05, 0) is 30.4 Å². The van der Waals surface area contributed by atoms with Crippen molar-refractivity contribution in [2.45, 2.75) is 38.3 Å². The number of carbonyl (C=O) groups excluding carboxylic acids is 3. The summed E-state index contributed by atoms with van der Waals surface area (Å²) in [6.07, 6.45) is 1.33. The number of hydrogen-bond donors (Lipinski definition) is 2. The Morgan fingerprint density at radius 1 is 0.968 bits per heavy atom. The summed E-state index contributed by atoms with van der Waals surface area (Å²) in [4.78, 5) is 41.9. The highest BCUT2D eigenvalue weighted by Gasteiger charge is 2.70. The van der Waals surface area contributed by atoms with Gasteiger partial charge >= 0.3 is 0 Å². The quantitative estimate of drug-likeness (QED) is 0.734. The number of fused-ring (bicyclic) bond motifs is 4. The van der Waals surface area contributed by atoms with E-state index in [-0.39, 0.29) is 23.8 Å². The van der Waals surface area contributed by atoms with Crippen LogP contribution in [0.5, 0.6) is 0 Å². The smallest absolute Gasteiger partial charge is 0.250 e. The monoisotopic (exact) mass is 417 g/mol. The van der Waals surface area contributed by atoms with Gasteiger partial charge in [0.25, 0.3) is 0 Å². The molecule has 2 saturated heterocycles. The van der Waals surface area contributed by atoms with Crippen LogP contribution < -0.4 is 10.6 Å². The molecule has 0 aromatic heterocycles. The molecule has 2 N–H and O–H groups in total. The molecule has 5 rings (SSSR count). The van der Waals surface area contributed by atoms with E-state index < -0.39 is 17.4 Å². The van der Waals surface area contributed by atoms with Crippen molar-refractivity contribution in [2.75, 3.05) is 11.9 Å². The van der Waals surface area contributed by atoms with E-state index in [4.69, 9.17) is 0 Å². The van der Waals surface area contributed by atoms with Crippen LogP contribution in [0, 0.1) is 17.8 Å². The van der Waals surface area contributed by atoms with Gasteiger partial charge in [0.2, 0.25) is 17.7 Å². The van der Waals surface area contributed by atoms with Gasteiger partial charge in [0.1, 0.15) is 5.54 Å². The number of benzene rings is 2. The molecule has 2 aromatic rings. The van der Waals surface area contributed by atoms with E-state index in [1.165, 1.54) is 4.90 Å². The largest absolute Gasteiger partial charge is 0.324 e. The predicted molar refractivity (Wildman–Crippen MR) is 117 cm³/mol. The summed E-state index contributed by atoms with van der Waals surface area (Å²) in [5.74, 6) is -1.55. The summed E-state index contributed by atoms with van der Waals surface area (Å²) in [7, 11) is 0. The molecule has 2 aromatic carbocycles. The van der Waals surface area contributed by atoms with Crippen LogP contribution >= 0.6 is 0 Å². The van der Waals surface area contributed by atoms with E-state index in [0.29, 0.717) is 24.6 Å². The number of imide groups is 1. The first kappa shape index (κ1) is 19.9. The lowest BCUT2D eigenvalue weighted by Gasteiger charge is -2.29. The van der Waals surface area contributed by atoms with Crippen molar-refractivity contribution in [2.24, 2.45) is 17.8 Å². The Kier molecular flexibility index (Phi) is 4.70. The number of nitrogens with one attached hydrogen (secondary N) is 2. The molecule has 4 atom stereocenters. The van der Waals surface area contributed by atoms with Crippen molar-refractivity contribution in [3.05, 3.63) is 65.7 Å². The number of amides is 3. The zero-order valence-corrected chi connectivity index (χ0v) is 17.8. The normalized spacial score (nSPS) is 29.1. The Balaban J connectivity index is 1.53. The van der Waals surface area contributed by atoms with Gasteiger partial charge in [-0.25, -0.2) is 0 Å². The molecule has 31 heavy (non-hydrogen) atoms. The summed E-state index contributed by atoms with van der Waals surface area (Å²) in [6, 6.07) is 17.1. The summed E-state index contributed by atoms with van der Waals surface area (Å²) in [5, 5.41) is 6.42. The number of likely N-dealkylation sites (tertiary alicyclic amines) is 1. The third kappa shape index (κ3) is 2.92. The van der Waals surface area contributed by atoms with Crippen molar-refractivity contribution < 1.29 is 14.4 Å². The standard InChI is InChI=1S/C25H27N3O3/c1-15(2)14-19-20-21(25(27-19)17-10-6-7-11-18(17)26-24(25)31)23(30)28(22(20)29)13-12-16-8-4-3-5-9-16/h3-11,15,19-21,27H,12-14H2,1-2H3,(H,26,31)/t19-,20+,21-,25-/m0/s1. The predicted octanol–water partition coefficient (Wildman–Crippen LogP) is 2.70. The summed E-state index contributed by atoms with van der Waals surface area (Å²) in [6.45, 7) is 4.53. The van der Waals surface area contributed by atoms with Crippen LogP contribution in [0.15, 0.2) is 54.6 Å². The average molecular weight is 418 g/mol. The Morgan fingerprint density at radius 2 is 1.68 bits per heavy atom. The fourth-order valence-electron chi connectivity index (χ4n) is 5.63. The zero-order chi connectivity index (χ0) is 21.8. The van der Waals surface area contributed by atoms with Gasteiger partial charge < -0.3 is 5.32 Å². The van der Waals surface area contributed by atoms with Gasteiger partial charge in [-0.2, -0.15) is 0 Å². The van der Waals surface area contributed by atoms with Crippen LogP contribution in [0.2, 0.25) is 0 Å². The number of hydrogen-bond acceptors (Lipinski definition) is 4. The number of rotatable bonds is 5. The first-order valence-corrected chi connectivity index (χ1v) is 11.0. The van der Waals surface area contributed by atoms with E-state index in [1.54, 1.807) is 0 Å². The summed E-state index contributed by atoms with van der Waals surface area (Å²) in [5.41, 5.74) is 1.38. The Labute approximate surface area is 182 Å². The third-order valence-corrected chi connectivity index (χ3v) is 6.91. The average Bonchev–Trinajstić information content (AvgIpc) is 3.32. The van der Waals surface area contributed by atoms with Crippen molar-refractivity contribution in [3.8, 4) is 0 Å². The van der Waals surface area contributed by atoms with Crippen molar-refractivity contribution >= 4 is 23.4 Å². The minimum Gasteiger partial charge on any atom is -0.324 e. The molecule has 3 aliphatic heterocycles. The Bertz CT molecular complexity index is 1050. The molecule has 0 unspecified atom stereocenters. The lowest BCUT2D eigenvalue weighted by molar-refractivity contribution is -0.142. The topological polar surface area (TPSA) is 78.5 Å². The number of nitrogens with zero attached hydrogens (tertiary/aromatic N) is 1. The van der Waals surface area contributed by atoms with Gasteiger partial charge in [-0.1, -0.05) is 62.4 Å². The zero-order valence-electron chi connectivity index (χ0n) is 17.8. The summed E-state index contributed by atoms with van der Waals surface area (Å²) < 4.78 is 0. The fraction of sp³-hybridized carbons (Fsp3) is 0.400.